The molecule has 0 spiro atoms. The number of hydrogen-bond acceptors (Lipinski definition) is 4. The predicted octanol–water partition coefficient (Wildman–Crippen LogP) is 3.10. The third kappa shape index (κ3) is 3.93. The van der Waals surface area contributed by atoms with Gasteiger partial charge in [0.1, 0.15) is 5.01 Å². The van der Waals surface area contributed by atoms with Crippen LogP contribution >= 0.6 is 11.3 Å². The van der Waals surface area contributed by atoms with E-state index in [0.717, 1.165) is 15.4 Å². The number of carbonyl (C=O) groups is 1. The number of aliphatic hydroxyl groups is 1. The molecule has 1 aromatic heterocycles. The molecule has 0 bridgehead atoms. The van der Waals surface area contributed by atoms with E-state index in [1.165, 1.54) is 0 Å². The molecular formula is C17H22N2O2S. The van der Waals surface area contributed by atoms with Crippen LogP contribution in [0.5, 0.6) is 0 Å². The summed E-state index contributed by atoms with van der Waals surface area (Å²) in [5.41, 5.74) is -1.02. The molecule has 22 heavy (non-hydrogen) atoms. The minimum absolute atomic E-state index is 0.00476. The second-order valence-corrected chi connectivity index (χ2v) is 7.50. The summed E-state index contributed by atoms with van der Waals surface area (Å²) in [5.74, 6) is -0.202. The molecule has 0 saturated heterocycles. The van der Waals surface area contributed by atoms with Crippen molar-refractivity contribution in [1.29, 1.82) is 0 Å². The number of rotatable bonds is 5. The lowest BCUT2D eigenvalue weighted by Gasteiger charge is -2.28. The van der Waals surface area contributed by atoms with Gasteiger partial charge in [0, 0.05) is 11.1 Å². The smallest absolute Gasteiger partial charge is 0.223 e. The number of nitrogens with one attached hydrogen (secondary N) is 1. The van der Waals surface area contributed by atoms with Gasteiger partial charge in [0.25, 0.3) is 0 Å². The van der Waals surface area contributed by atoms with E-state index in [-0.39, 0.29) is 12.3 Å². The quantitative estimate of drug-likeness (QED) is 0.890. The van der Waals surface area contributed by atoms with Crippen LogP contribution in [0.15, 0.2) is 36.5 Å². The van der Waals surface area contributed by atoms with Crippen molar-refractivity contribution in [2.75, 3.05) is 0 Å². The minimum Gasteiger partial charge on any atom is -0.385 e. The van der Waals surface area contributed by atoms with Gasteiger partial charge >= 0.3 is 0 Å². The summed E-state index contributed by atoms with van der Waals surface area (Å²) in [5, 5.41) is 14.4. The maximum atomic E-state index is 12.3. The number of nitrogens with zero attached hydrogens (tertiary/aromatic N) is 1. The first-order valence-corrected chi connectivity index (χ1v) is 8.04. The van der Waals surface area contributed by atoms with E-state index >= 15 is 0 Å². The zero-order valence-corrected chi connectivity index (χ0v) is 14.2. The molecule has 2 N–H and O–H groups in total. The molecule has 0 aliphatic rings. The lowest BCUT2D eigenvalue weighted by Crippen LogP contribution is -2.43. The van der Waals surface area contributed by atoms with Gasteiger partial charge in [-0.25, -0.2) is 4.98 Å². The highest BCUT2D eigenvalue weighted by atomic mass is 32.1. The fourth-order valence-electron chi connectivity index (χ4n) is 2.30. The van der Waals surface area contributed by atoms with Gasteiger partial charge in [-0.2, -0.15) is 0 Å². The van der Waals surface area contributed by atoms with Gasteiger partial charge < -0.3 is 10.4 Å². The third-order valence-electron chi connectivity index (χ3n) is 3.51. The third-order valence-corrected chi connectivity index (χ3v) is 4.74. The van der Waals surface area contributed by atoms with E-state index in [1.807, 2.05) is 51.1 Å². The van der Waals surface area contributed by atoms with E-state index < -0.39 is 11.1 Å². The molecule has 0 aliphatic carbocycles. The maximum absolute atomic E-state index is 12.3. The number of carbonyl (C=O) groups excluding carboxylic acids is 1. The molecule has 2 aromatic rings. The van der Waals surface area contributed by atoms with Crippen molar-refractivity contribution in [3.05, 3.63) is 52.0 Å². The molecule has 0 radical (unpaired) electrons. The SMILES string of the molecule is Cc1cnc(C(C)(C)NC(=O)CC(C)(O)c2ccccc2)s1. The lowest BCUT2D eigenvalue weighted by atomic mass is 9.92. The average molecular weight is 318 g/mol. The number of hydrogen-bond donors (Lipinski definition) is 2. The van der Waals surface area contributed by atoms with Gasteiger partial charge in [-0.3, -0.25) is 4.79 Å². The summed E-state index contributed by atoms with van der Waals surface area (Å²) in [4.78, 5) is 17.8. The highest BCUT2D eigenvalue weighted by Gasteiger charge is 2.31. The molecule has 4 nitrogen and oxygen atoms in total. The van der Waals surface area contributed by atoms with Gasteiger partial charge in [0.15, 0.2) is 0 Å². The van der Waals surface area contributed by atoms with Crippen LogP contribution in [0.2, 0.25) is 0 Å². The molecule has 0 aliphatic heterocycles. The number of thiazole rings is 1. The van der Waals surface area contributed by atoms with Gasteiger partial charge in [-0.1, -0.05) is 30.3 Å². The molecule has 2 rings (SSSR count). The van der Waals surface area contributed by atoms with Crippen LogP contribution in [0.1, 0.15) is 42.6 Å². The second kappa shape index (κ2) is 6.18. The standard InChI is InChI=1S/C17H22N2O2S/c1-12-11-18-15(22-12)16(2,3)19-14(20)10-17(4,21)13-8-6-5-7-9-13/h5-9,11,21H,10H2,1-4H3,(H,19,20). The summed E-state index contributed by atoms with van der Waals surface area (Å²) >= 11 is 1.56. The molecular weight excluding hydrogens is 296 g/mol. The Morgan fingerprint density at radius 3 is 2.45 bits per heavy atom. The van der Waals surface area contributed by atoms with Crippen LogP contribution in [0.4, 0.5) is 0 Å². The van der Waals surface area contributed by atoms with Crippen molar-refractivity contribution in [3.8, 4) is 0 Å². The fraction of sp³-hybridized carbons (Fsp3) is 0.412. The Labute approximate surface area is 135 Å². The van der Waals surface area contributed by atoms with Crippen LogP contribution in [-0.4, -0.2) is 16.0 Å². The molecule has 1 atom stereocenters. The molecule has 1 unspecified atom stereocenters. The summed E-state index contributed by atoms with van der Waals surface area (Å²) in [6.45, 7) is 7.47. The number of aryl methyl sites for hydroxylation is 1. The highest BCUT2D eigenvalue weighted by molar-refractivity contribution is 7.11. The van der Waals surface area contributed by atoms with Crippen molar-refractivity contribution in [1.82, 2.24) is 10.3 Å². The van der Waals surface area contributed by atoms with E-state index in [2.05, 4.69) is 10.3 Å². The van der Waals surface area contributed by atoms with Crippen molar-refractivity contribution >= 4 is 17.2 Å². The van der Waals surface area contributed by atoms with E-state index in [1.54, 1.807) is 24.5 Å². The average Bonchev–Trinajstić information content (AvgIpc) is 2.86. The van der Waals surface area contributed by atoms with Crippen LogP contribution in [0.25, 0.3) is 0 Å². The topological polar surface area (TPSA) is 62.2 Å². The zero-order valence-electron chi connectivity index (χ0n) is 13.4. The van der Waals surface area contributed by atoms with Gasteiger partial charge in [-0.05, 0) is 33.3 Å². The monoisotopic (exact) mass is 318 g/mol. The van der Waals surface area contributed by atoms with Crippen molar-refractivity contribution in [3.63, 3.8) is 0 Å². The van der Waals surface area contributed by atoms with Crippen molar-refractivity contribution in [2.45, 2.75) is 45.3 Å². The Balaban J connectivity index is 2.06. The largest absolute Gasteiger partial charge is 0.385 e. The molecule has 1 aromatic carbocycles. The maximum Gasteiger partial charge on any atom is 0.223 e. The second-order valence-electron chi connectivity index (χ2n) is 6.27. The van der Waals surface area contributed by atoms with Gasteiger partial charge in [0.2, 0.25) is 5.91 Å². The van der Waals surface area contributed by atoms with E-state index in [0.29, 0.717) is 0 Å². The molecule has 0 fully saturated rings. The molecule has 118 valence electrons. The van der Waals surface area contributed by atoms with Crippen LogP contribution in [-0.2, 0) is 15.9 Å². The molecule has 0 saturated carbocycles. The number of aromatic nitrogens is 1. The Bertz CT molecular complexity index is 648. The van der Waals surface area contributed by atoms with E-state index in [4.69, 9.17) is 0 Å². The first-order valence-electron chi connectivity index (χ1n) is 7.22. The van der Waals surface area contributed by atoms with Crippen molar-refractivity contribution in [2.24, 2.45) is 0 Å². The normalized spacial score (nSPS) is 14.4. The first kappa shape index (κ1) is 16.6. The van der Waals surface area contributed by atoms with Crippen LogP contribution in [0.3, 0.4) is 0 Å². The highest BCUT2D eigenvalue weighted by Crippen LogP contribution is 2.27. The van der Waals surface area contributed by atoms with Gasteiger partial charge in [-0.15, -0.1) is 11.3 Å². The number of amides is 1. The summed E-state index contributed by atoms with van der Waals surface area (Å²) < 4.78 is 0. The Morgan fingerprint density at radius 2 is 1.91 bits per heavy atom. The number of benzene rings is 1. The van der Waals surface area contributed by atoms with E-state index in [9.17, 15) is 9.90 Å². The summed E-state index contributed by atoms with van der Waals surface area (Å²) in [6, 6.07) is 9.23. The van der Waals surface area contributed by atoms with Crippen LogP contribution in [0, 0.1) is 6.92 Å². The Hall–Kier alpha value is -1.72. The predicted molar refractivity (Wildman–Crippen MR) is 88.6 cm³/mol. The van der Waals surface area contributed by atoms with Gasteiger partial charge in [0.05, 0.1) is 17.6 Å². The summed E-state index contributed by atoms with van der Waals surface area (Å²) in [7, 11) is 0. The Morgan fingerprint density at radius 1 is 1.27 bits per heavy atom. The molecule has 5 heteroatoms. The van der Waals surface area contributed by atoms with Crippen LogP contribution < -0.4 is 5.32 Å². The Kier molecular flexibility index (Phi) is 4.68. The minimum atomic E-state index is -1.19. The van der Waals surface area contributed by atoms with Crippen molar-refractivity contribution < 1.29 is 9.90 Å². The lowest BCUT2D eigenvalue weighted by molar-refractivity contribution is -0.127. The fourth-order valence-corrected chi connectivity index (χ4v) is 3.12. The molecule has 1 heterocycles. The first-order chi connectivity index (χ1) is 10.2. The zero-order chi connectivity index (χ0) is 16.4. The summed E-state index contributed by atoms with van der Waals surface area (Å²) in [6.07, 6.45) is 1.80. The molecule has 1 amide bonds.